The highest BCUT2D eigenvalue weighted by atomic mass is 35.5. The van der Waals surface area contributed by atoms with Gasteiger partial charge in [0.15, 0.2) is 0 Å². The van der Waals surface area contributed by atoms with Crippen molar-refractivity contribution in [2.45, 2.75) is 30.4 Å². The zero-order chi connectivity index (χ0) is 28.5. The van der Waals surface area contributed by atoms with Crippen molar-refractivity contribution in [1.82, 2.24) is 5.32 Å². The summed E-state index contributed by atoms with van der Waals surface area (Å²) in [4.78, 5) is 40.8. The number of thioether (sulfide) groups is 1. The molecule has 0 fully saturated rings. The molecule has 0 aliphatic heterocycles. The summed E-state index contributed by atoms with van der Waals surface area (Å²) in [5.74, 6) is -0.965. The number of hydrogen-bond acceptors (Lipinski definition) is 5. The summed E-state index contributed by atoms with van der Waals surface area (Å²) in [6.45, 7) is 3.86. The average Bonchev–Trinajstić information content (AvgIpc) is 3.47. The van der Waals surface area contributed by atoms with Gasteiger partial charge in [0.25, 0.3) is 11.8 Å². The molecule has 1 heterocycles. The lowest BCUT2D eigenvalue weighted by Gasteiger charge is -2.17. The summed E-state index contributed by atoms with van der Waals surface area (Å²) >= 11 is 8.97. The second kappa shape index (κ2) is 14.0. The molecular weight excluding hydrogens is 562 g/mol. The Morgan fingerprint density at radius 2 is 1.75 bits per heavy atom. The molecule has 1 aromatic heterocycles. The minimum atomic E-state index is -0.457. The molecule has 0 bridgehead atoms. The number of hydrogen-bond donors (Lipinski definition) is 3. The summed E-state index contributed by atoms with van der Waals surface area (Å²) in [6.07, 6.45) is 2.25. The number of nitrogens with one attached hydrogen (secondary N) is 3. The van der Waals surface area contributed by atoms with Crippen molar-refractivity contribution in [2.75, 3.05) is 10.6 Å². The smallest absolute Gasteiger partial charge is 0.272 e. The highest BCUT2D eigenvalue weighted by molar-refractivity contribution is 8.00. The molecule has 3 amide bonds. The third kappa shape index (κ3) is 8.08. The quantitative estimate of drug-likeness (QED) is 0.131. The molecule has 4 rings (SSSR count). The van der Waals surface area contributed by atoms with Gasteiger partial charge in [-0.2, -0.15) is 0 Å². The van der Waals surface area contributed by atoms with Crippen LogP contribution < -0.4 is 16.0 Å². The second-order valence-electron chi connectivity index (χ2n) is 8.84. The van der Waals surface area contributed by atoms with Gasteiger partial charge in [-0.1, -0.05) is 54.9 Å². The molecule has 9 heteroatoms. The maximum absolute atomic E-state index is 13.3. The van der Waals surface area contributed by atoms with E-state index in [1.165, 1.54) is 23.1 Å². The molecule has 0 aliphatic rings. The first-order valence-corrected chi connectivity index (χ1v) is 14.7. The van der Waals surface area contributed by atoms with Crippen LogP contribution in [0, 0.1) is 6.92 Å². The maximum atomic E-state index is 13.3. The molecule has 40 heavy (non-hydrogen) atoms. The second-order valence-corrected chi connectivity index (χ2v) is 11.5. The zero-order valence-corrected chi connectivity index (χ0v) is 24.3. The van der Waals surface area contributed by atoms with E-state index in [1.807, 2.05) is 61.7 Å². The van der Waals surface area contributed by atoms with Crippen LogP contribution in [0.1, 0.15) is 34.1 Å². The van der Waals surface area contributed by atoms with Crippen LogP contribution in [0.4, 0.5) is 11.4 Å². The number of thiophene rings is 1. The van der Waals surface area contributed by atoms with Gasteiger partial charge in [-0.15, -0.1) is 23.1 Å². The van der Waals surface area contributed by atoms with E-state index in [0.717, 1.165) is 15.3 Å². The molecule has 0 radical (unpaired) electrons. The normalized spacial score (nSPS) is 11.9. The first-order valence-electron chi connectivity index (χ1n) is 12.6. The number of halogens is 1. The predicted octanol–water partition coefficient (Wildman–Crippen LogP) is 7.63. The van der Waals surface area contributed by atoms with Gasteiger partial charge in [0.2, 0.25) is 5.91 Å². The standard InChI is InChI=1S/C31H28ClN3O3S2/c1-3-28(31(38)34-26-17-22(32)15-14-20(26)2)40-25-12-7-11-23(18-25)33-30(37)27(19-24-13-8-16-39-24)35-29(36)21-9-5-4-6-10-21/h4-19,28H,3H2,1-2H3,(H,33,37)(H,34,38)(H,35,36)/b27-19-. The topological polar surface area (TPSA) is 87.3 Å². The van der Waals surface area contributed by atoms with Crippen molar-refractivity contribution in [3.63, 3.8) is 0 Å². The Morgan fingerprint density at radius 3 is 2.48 bits per heavy atom. The summed E-state index contributed by atoms with van der Waals surface area (Å²) in [5, 5.41) is 10.7. The van der Waals surface area contributed by atoms with Gasteiger partial charge >= 0.3 is 0 Å². The zero-order valence-electron chi connectivity index (χ0n) is 21.9. The Kier molecular flexibility index (Phi) is 10.2. The molecule has 3 N–H and O–H groups in total. The van der Waals surface area contributed by atoms with Crippen molar-refractivity contribution in [1.29, 1.82) is 0 Å². The van der Waals surface area contributed by atoms with E-state index >= 15 is 0 Å². The number of carbonyl (C=O) groups excluding carboxylic acids is 3. The van der Waals surface area contributed by atoms with Gasteiger partial charge in [-0.25, -0.2) is 0 Å². The highest BCUT2D eigenvalue weighted by Gasteiger charge is 2.20. The van der Waals surface area contributed by atoms with E-state index in [1.54, 1.807) is 48.5 Å². The van der Waals surface area contributed by atoms with E-state index in [-0.39, 0.29) is 22.8 Å². The van der Waals surface area contributed by atoms with Gasteiger partial charge in [0, 0.05) is 31.7 Å². The summed E-state index contributed by atoms with van der Waals surface area (Å²) < 4.78 is 0. The number of rotatable bonds is 10. The third-order valence-corrected chi connectivity index (χ3v) is 8.26. The Balaban J connectivity index is 1.47. The van der Waals surface area contributed by atoms with E-state index in [0.29, 0.717) is 28.4 Å². The fraction of sp³-hybridized carbons (Fsp3) is 0.129. The van der Waals surface area contributed by atoms with Crippen LogP contribution in [-0.4, -0.2) is 23.0 Å². The monoisotopic (exact) mass is 589 g/mol. The lowest BCUT2D eigenvalue weighted by atomic mass is 10.2. The SMILES string of the molecule is CCC(Sc1cccc(NC(=O)/C(=C/c2cccs2)NC(=O)c2ccccc2)c1)C(=O)Nc1cc(Cl)ccc1C. The van der Waals surface area contributed by atoms with Crippen LogP contribution >= 0.6 is 34.7 Å². The van der Waals surface area contributed by atoms with Crippen LogP contribution in [0.2, 0.25) is 5.02 Å². The van der Waals surface area contributed by atoms with Crippen LogP contribution in [0.25, 0.3) is 6.08 Å². The van der Waals surface area contributed by atoms with Crippen LogP contribution in [-0.2, 0) is 9.59 Å². The Morgan fingerprint density at radius 1 is 0.950 bits per heavy atom. The number of amides is 3. The lowest BCUT2D eigenvalue weighted by Crippen LogP contribution is -2.30. The largest absolute Gasteiger partial charge is 0.325 e. The molecular formula is C31H28ClN3O3S2. The molecule has 4 aromatic rings. The molecule has 0 spiro atoms. The molecule has 3 aromatic carbocycles. The number of carbonyl (C=O) groups is 3. The fourth-order valence-electron chi connectivity index (χ4n) is 3.73. The third-order valence-electron chi connectivity index (χ3n) is 5.85. The molecule has 204 valence electrons. The van der Waals surface area contributed by atoms with Crippen molar-refractivity contribution in [3.05, 3.63) is 117 Å². The number of anilines is 2. The summed E-state index contributed by atoms with van der Waals surface area (Å²) in [5.41, 5.74) is 2.72. The molecule has 1 unspecified atom stereocenters. The lowest BCUT2D eigenvalue weighted by molar-refractivity contribution is -0.116. The Hall–Kier alpha value is -3.85. The van der Waals surface area contributed by atoms with Crippen molar-refractivity contribution in [2.24, 2.45) is 0 Å². The molecule has 1 atom stereocenters. The Bertz CT molecular complexity index is 1520. The van der Waals surface area contributed by atoms with Gasteiger partial charge in [-0.3, -0.25) is 14.4 Å². The van der Waals surface area contributed by atoms with E-state index in [4.69, 9.17) is 11.6 Å². The van der Waals surface area contributed by atoms with E-state index in [9.17, 15) is 14.4 Å². The minimum Gasteiger partial charge on any atom is -0.325 e. The summed E-state index contributed by atoms with van der Waals surface area (Å²) in [6, 6.07) is 25.1. The molecule has 0 saturated carbocycles. The van der Waals surface area contributed by atoms with Crippen LogP contribution in [0.3, 0.4) is 0 Å². The van der Waals surface area contributed by atoms with Gasteiger partial charge < -0.3 is 16.0 Å². The molecule has 0 saturated heterocycles. The molecule has 6 nitrogen and oxygen atoms in total. The number of benzene rings is 3. The highest BCUT2D eigenvalue weighted by Crippen LogP contribution is 2.29. The van der Waals surface area contributed by atoms with Crippen LogP contribution in [0.15, 0.2) is 101 Å². The summed E-state index contributed by atoms with van der Waals surface area (Å²) in [7, 11) is 0. The first-order chi connectivity index (χ1) is 19.3. The number of aryl methyl sites for hydroxylation is 1. The van der Waals surface area contributed by atoms with Crippen molar-refractivity contribution < 1.29 is 14.4 Å². The van der Waals surface area contributed by atoms with Crippen molar-refractivity contribution >= 4 is 69.9 Å². The van der Waals surface area contributed by atoms with Gasteiger partial charge in [0.1, 0.15) is 5.70 Å². The van der Waals surface area contributed by atoms with E-state index in [2.05, 4.69) is 16.0 Å². The maximum Gasteiger partial charge on any atom is 0.272 e. The average molecular weight is 590 g/mol. The minimum absolute atomic E-state index is 0.122. The van der Waals surface area contributed by atoms with Gasteiger partial charge in [0.05, 0.1) is 5.25 Å². The van der Waals surface area contributed by atoms with Gasteiger partial charge in [-0.05, 0) is 78.9 Å². The van der Waals surface area contributed by atoms with Crippen LogP contribution in [0.5, 0.6) is 0 Å². The fourth-order valence-corrected chi connectivity index (χ4v) is 5.57. The van der Waals surface area contributed by atoms with Crippen molar-refractivity contribution in [3.8, 4) is 0 Å². The first kappa shape index (κ1) is 29.1. The Labute approximate surface area is 246 Å². The van der Waals surface area contributed by atoms with E-state index < -0.39 is 5.91 Å². The molecule has 0 aliphatic carbocycles. The predicted molar refractivity (Wildman–Crippen MR) is 166 cm³/mol.